The van der Waals surface area contributed by atoms with Crippen LogP contribution >= 0.6 is 11.6 Å². The number of hydrogen-bond acceptors (Lipinski definition) is 4. The van der Waals surface area contributed by atoms with Gasteiger partial charge in [0.15, 0.2) is 0 Å². The van der Waals surface area contributed by atoms with Crippen LogP contribution in [0, 0.1) is 0 Å². The molecule has 0 spiro atoms. The van der Waals surface area contributed by atoms with Crippen LogP contribution in [0.3, 0.4) is 0 Å². The van der Waals surface area contributed by atoms with Crippen LogP contribution in [0.5, 0.6) is 0 Å². The number of ether oxygens (including phenoxy) is 2. The van der Waals surface area contributed by atoms with Crippen LogP contribution in [0.2, 0.25) is 5.02 Å². The molecule has 1 heterocycles. The van der Waals surface area contributed by atoms with Gasteiger partial charge in [0, 0.05) is 25.3 Å². The molecule has 1 aromatic carbocycles. The number of halogens is 1. The van der Waals surface area contributed by atoms with Crippen LogP contribution < -0.4 is 0 Å². The Kier molecular flexibility index (Phi) is 3.83. The zero-order valence-corrected chi connectivity index (χ0v) is 11.5. The van der Waals surface area contributed by atoms with Crippen molar-refractivity contribution in [3.8, 4) is 0 Å². The highest BCUT2D eigenvalue weighted by Crippen LogP contribution is 2.29. The molecular formula is C14H15ClO4. The molecule has 0 amide bonds. The van der Waals surface area contributed by atoms with Gasteiger partial charge in [0.05, 0.1) is 12.2 Å². The highest BCUT2D eigenvalue weighted by atomic mass is 35.5. The molecule has 1 atom stereocenters. The maximum absolute atomic E-state index is 11.4. The number of benzene rings is 1. The summed E-state index contributed by atoms with van der Waals surface area (Å²) in [7, 11) is 0. The number of cyclic esters (lactones) is 1. The predicted molar refractivity (Wildman–Crippen MR) is 70.4 cm³/mol. The lowest BCUT2D eigenvalue weighted by molar-refractivity contribution is -0.206. The Hall–Kier alpha value is -1.52. The summed E-state index contributed by atoms with van der Waals surface area (Å²) in [6.07, 6.45) is 0.704. The molecule has 1 aliphatic heterocycles. The number of carbonyl (C=O) groups is 1. The van der Waals surface area contributed by atoms with Crippen molar-refractivity contribution in [3.63, 3.8) is 0 Å². The fourth-order valence-corrected chi connectivity index (χ4v) is 1.99. The average Bonchev–Trinajstić information content (AvgIpc) is 2.26. The molecule has 0 aromatic heterocycles. The van der Waals surface area contributed by atoms with Crippen LogP contribution in [0.1, 0.15) is 31.9 Å². The number of carbonyl (C=O) groups excluding carboxylic acids is 1. The van der Waals surface area contributed by atoms with Gasteiger partial charge in [-0.2, -0.15) is 0 Å². The SMILES string of the molecule is CC1(C)OC(=O)C=C(CC(O)c2ccc(Cl)cc2)O1. The zero-order valence-electron chi connectivity index (χ0n) is 10.7. The van der Waals surface area contributed by atoms with Gasteiger partial charge in [0.2, 0.25) is 5.79 Å². The van der Waals surface area contributed by atoms with Crippen molar-refractivity contribution >= 4 is 17.6 Å². The van der Waals surface area contributed by atoms with E-state index in [4.69, 9.17) is 21.1 Å². The van der Waals surface area contributed by atoms with Gasteiger partial charge in [-0.3, -0.25) is 0 Å². The second kappa shape index (κ2) is 5.23. The molecule has 1 N–H and O–H groups in total. The zero-order chi connectivity index (χ0) is 14.0. The second-order valence-electron chi connectivity index (χ2n) is 4.81. The molecule has 0 saturated carbocycles. The minimum atomic E-state index is -0.999. The predicted octanol–water partition coefficient (Wildman–Crippen LogP) is 2.96. The number of esters is 1. The number of aliphatic hydroxyl groups excluding tert-OH is 1. The third-order valence-electron chi connectivity index (χ3n) is 2.65. The van der Waals surface area contributed by atoms with Crippen molar-refractivity contribution < 1.29 is 19.4 Å². The highest BCUT2D eigenvalue weighted by Gasteiger charge is 2.30. The molecule has 0 fully saturated rings. The van der Waals surface area contributed by atoms with E-state index >= 15 is 0 Å². The Bertz CT molecular complexity index is 505. The van der Waals surface area contributed by atoms with Gasteiger partial charge in [-0.15, -0.1) is 0 Å². The number of rotatable bonds is 3. The van der Waals surface area contributed by atoms with E-state index in [0.29, 0.717) is 16.3 Å². The summed E-state index contributed by atoms with van der Waals surface area (Å²) in [6.45, 7) is 3.29. The maximum atomic E-state index is 11.4. The topological polar surface area (TPSA) is 55.8 Å². The molecule has 19 heavy (non-hydrogen) atoms. The van der Waals surface area contributed by atoms with Crippen LogP contribution in [0.15, 0.2) is 36.1 Å². The third kappa shape index (κ3) is 3.72. The van der Waals surface area contributed by atoms with E-state index in [2.05, 4.69) is 0 Å². The Balaban J connectivity index is 2.08. The van der Waals surface area contributed by atoms with Crippen LogP contribution in [-0.4, -0.2) is 16.9 Å². The van der Waals surface area contributed by atoms with Crippen molar-refractivity contribution in [2.24, 2.45) is 0 Å². The maximum Gasteiger partial charge on any atom is 0.337 e. The minimum Gasteiger partial charge on any atom is -0.457 e. The molecule has 102 valence electrons. The smallest absolute Gasteiger partial charge is 0.337 e. The highest BCUT2D eigenvalue weighted by molar-refractivity contribution is 6.30. The van der Waals surface area contributed by atoms with Gasteiger partial charge in [0.1, 0.15) is 5.76 Å². The van der Waals surface area contributed by atoms with Gasteiger partial charge in [0.25, 0.3) is 0 Å². The summed E-state index contributed by atoms with van der Waals surface area (Å²) >= 11 is 5.79. The van der Waals surface area contributed by atoms with Crippen molar-refractivity contribution in [3.05, 3.63) is 46.7 Å². The average molecular weight is 283 g/mol. The van der Waals surface area contributed by atoms with E-state index < -0.39 is 17.9 Å². The lowest BCUT2D eigenvalue weighted by Crippen LogP contribution is -2.34. The van der Waals surface area contributed by atoms with Crippen molar-refractivity contribution in [1.82, 2.24) is 0 Å². The van der Waals surface area contributed by atoms with E-state index in [1.807, 2.05) is 0 Å². The third-order valence-corrected chi connectivity index (χ3v) is 2.90. The Morgan fingerprint density at radius 3 is 2.47 bits per heavy atom. The second-order valence-corrected chi connectivity index (χ2v) is 5.24. The van der Waals surface area contributed by atoms with Gasteiger partial charge < -0.3 is 14.6 Å². The lowest BCUT2D eigenvalue weighted by Gasteiger charge is -2.31. The molecule has 0 saturated heterocycles. The summed E-state index contributed by atoms with van der Waals surface area (Å²) in [4.78, 5) is 11.4. The number of hydrogen-bond donors (Lipinski definition) is 1. The van der Waals surface area contributed by atoms with E-state index in [-0.39, 0.29) is 6.42 Å². The first kappa shape index (κ1) is 13.9. The molecule has 1 unspecified atom stereocenters. The standard InChI is InChI=1S/C14H15ClO4/c1-14(2)18-11(8-13(17)19-14)7-12(16)9-3-5-10(15)6-4-9/h3-6,8,12,16H,7H2,1-2H3. The largest absolute Gasteiger partial charge is 0.457 e. The Morgan fingerprint density at radius 2 is 1.89 bits per heavy atom. The molecule has 1 aromatic rings. The van der Waals surface area contributed by atoms with Gasteiger partial charge in [-0.25, -0.2) is 4.79 Å². The molecule has 0 bridgehead atoms. The van der Waals surface area contributed by atoms with E-state index in [1.165, 1.54) is 6.08 Å². The van der Waals surface area contributed by atoms with Crippen molar-refractivity contribution in [1.29, 1.82) is 0 Å². The molecule has 0 radical (unpaired) electrons. The van der Waals surface area contributed by atoms with Crippen LogP contribution in [0.25, 0.3) is 0 Å². The van der Waals surface area contributed by atoms with Crippen molar-refractivity contribution in [2.45, 2.75) is 32.2 Å². The van der Waals surface area contributed by atoms with E-state index in [0.717, 1.165) is 0 Å². The Morgan fingerprint density at radius 1 is 1.26 bits per heavy atom. The summed E-state index contributed by atoms with van der Waals surface area (Å²) in [5.41, 5.74) is 0.714. The minimum absolute atomic E-state index is 0.208. The molecular weight excluding hydrogens is 268 g/mol. The van der Waals surface area contributed by atoms with Crippen LogP contribution in [0.4, 0.5) is 0 Å². The summed E-state index contributed by atoms with van der Waals surface area (Å²) in [5, 5.41) is 10.7. The molecule has 5 heteroatoms. The lowest BCUT2D eigenvalue weighted by atomic mass is 10.1. The summed E-state index contributed by atoms with van der Waals surface area (Å²) in [5.74, 6) is -1.06. The van der Waals surface area contributed by atoms with Gasteiger partial charge >= 0.3 is 5.97 Å². The molecule has 0 aliphatic carbocycles. The first-order valence-corrected chi connectivity index (χ1v) is 6.29. The monoisotopic (exact) mass is 282 g/mol. The Labute approximate surface area is 116 Å². The van der Waals surface area contributed by atoms with Crippen LogP contribution in [-0.2, 0) is 14.3 Å². The van der Waals surface area contributed by atoms with E-state index in [9.17, 15) is 9.90 Å². The fraction of sp³-hybridized carbons (Fsp3) is 0.357. The normalized spacial score (nSPS) is 19.2. The van der Waals surface area contributed by atoms with E-state index in [1.54, 1.807) is 38.1 Å². The summed E-state index contributed by atoms with van der Waals surface area (Å²) in [6, 6.07) is 6.88. The van der Waals surface area contributed by atoms with Crippen molar-refractivity contribution in [2.75, 3.05) is 0 Å². The van der Waals surface area contributed by atoms with Gasteiger partial charge in [-0.1, -0.05) is 23.7 Å². The first-order chi connectivity index (χ1) is 8.85. The van der Waals surface area contributed by atoms with Gasteiger partial charge in [-0.05, 0) is 17.7 Å². The quantitative estimate of drug-likeness (QED) is 0.866. The summed E-state index contributed by atoms with van der Waals surface area (Å²) < 4.78 is 10.5. The molecule has 1 aliphatic rings. The number of aliphatic hydroxyl groups is 1. The fourth-order valence-electron chi connectivity index (χ4n) is 1.86. The molecule has 4 nitrogen and oxygen atoms in total. The first-order valence-electron chi connectivity index (χ1n) is 5.92. The molecule has 2 rings (SSSR count).